The van der Waals surface area contributed by atoms with Crippen LogP contribution in [0.5, 0.6) is 0 Å². The van der Waals surface area contributed by atoms with Gasteiger partial charge in [0.05, 0.1) is 0 Å². The van der Waals surface area contributed by atoms with E-state index in [0.29, 0.717) is 5.56 Å². The van der Waals surface area contributed by atoms with Gasteiger partial charge in [0.2, 0.25) is 5.91 Å². The molecule has 1 aliphatic heterocycles. The summed E-state index contributed by atoms with van der Waals surface area (Å²) in [5, 5.41) is 0. The molecule has 1 saturated carbocycles. The summed E-state index contributed by atoms with van der Waals surface area (Å²) < 4.78 is 13.9. The second kappa shape index (κ2) is 6.51. The van der Waals surface area contributed by atoms with Gasteiger partial charge in [-0.1, -0.05) is 30.3 Å². The molecule has 25 heavy (non-hydrogen) atoms. The van der Waals surface area contributed by atoms with Crippen LogP contribution in [0, 0.1) is 18.7 Å². The van der Waals surface area contributed by atoms with Gasteiger partial charge in [0, 0.05) is 37.8 Å². The molecule has 1 saturated heterocycles. The second-order valence-electron chi connectivity index (χ2n) is 7.12. The molecule has 0 radical (unpaired) electrons. The van der Waals surface area contributed by atoms with Crippen LogP contribution in [0.2, 0.25) is 0 Å². The monoisotopic (exact) mass is 338 g/mol. The standard InChI is InChI=1S/C21H23FN2O/c1-15-5-4-6-16(13-15)23-9-11-24(12-10-23)21(25)19-14-18(19)17-7-2-3-8-20(17)22/h2-8,13,18-19H,9-12,14H2,1H3. The lowest BCUT2D eigenvalue weighted by Crippen LogP contribution is -2.49. The summed E-state index contributed by atoms with van der Waals surface area (Å²) in [6, 6.07) is 15.3. The van der Waals surface area contributed by atoms with Gasteiger partial charge < -0.3 is 9.80 Å². The van der Waals surface area contributed by atoms with Crippen LogP contribution < -0.4 is 4.90 Å². The van der Waals surface area contributed by atoms with Gasteiger partial charge in [-0.05, 0) is 48.6 Å². The van der Waals surface area contributed by atoms with Crippen LogP contribution in [0.4, 0.5) is 10.1 Å². The first kappa shape index (κ1) is 16.1. The van der Waals surface area contributed by atoms with Crippen LogP contribution in [0.3, 0.4) is 0 Å². The van der Waals surface area contributed by atoms with Crippen LogP contribution in [-0.4, -0.2) is 37.0 Å². The minimum absolute atomic E-state index is 0.0394. The number of nitrogens with zero attached hydrogens (tertiary/aromatic N) is 2. The first-order chi connectivity index (χ1) is 12.1. The van der Waals surface area contributed by atoms with E-state index in [9.17, 15) is 9.18 Å². The number of anilines is 1. The summed E-state index contributed by atoms with van der Waals surface area (Å²) >= 11 is 0. The maximum absolute atomic E-state index is 13.9. The van der Waals surface area contributed by atoms with Gasteiger partial charge >= 0.3 is 0 Å². The molecule has 0 aromatic heterocycles. The van der Waals surface area contributed by atoms with Crippen molar-refractivity contribution < 1.29 is 9.18 Å². The van der Waals surface area contributed by atoms with Crippen LogP contribution >= 0.6 is 0 Å². The Morgan fingerprint density at radius 2 is 1.80 bits per heavy atom. The number of rotatable bonds is 3. The molecule has 2 atom stereocenters. The predicted molar refractivity (Wildman–Crippen MR) is 97.2 cm³/mol. The quantitative estimate of drug-likeness (QED) is 0.854. The van der Waals surface area contributed by atoms with Crippen molar-refractivity contribution in [2.45, 2.75) is 19.3 Å². The number of aryl methyl sites for hydroxylation is 1. The number of hydrogen-bond donors (Lipinski definition) is 0. The van der Waals surface area contributed by atoms with Gasteiger partial charge in [-0.25, -0.2) is 4.39 Å². The van der Waals surface area contributed by atoms with Crippen molar-refractivity contribution in [2.24, 2.45) is 5.92 Å². The molecule has 2 aromatic rings. The fraction of sp³-hybridized carbons (Fsp3) is 0.381. The summed E-state index contributed by atoms with van der Waals surface area (Å²) in [5.74, 6) is 0.0233. The number of hydrogen-bond acceptors (Lipinski definition) is 2. The molecule has 2 fully saturated rings. The van der Waals surface area contributed by atoms with Gasteiger partial charge in [-0.15, -0.1) is 0 Å². The Morgan fingerprint density at radius 1 is 1.04 bits per heavy atom. The summed E-state index contributed by atoms with van der Waals surface area (Å²) in [5.41, 5.74) is 3.17. The van der Waals surface area contributed by atoms with Crippen molar-refractivity contribution in [3.63, 3.8) is 0 Å². The minimum atomic E-state index is -0.188. The number of piperazine rings is 1. The van der Waals surface area contributed by atoms with Crippen LogP contribution in [-0.2, 0) is 4.79 Å². The normalized spacial score (nSPS) is 22.8. The lowest BCUT2D eigenvalue weighted by molar-refractivity contribution is -0.132. The second-order valence-corrected chi connectivity index (χ2v) is 7.12. The molecule has 2 aliphatic rings. The van der Waals surface area contributed by atoms with E-state index in [1.54, 1.807) is 6.07 Å². The Bertz CT molecular complexity index is 783. The van der Waals surface area contributed by atoms with Crippen molar-refractivity contribution >= 4 is 11.6 Å². The molecule has 0 N–H and O–H groups in total. The largest absolute Gasteiger partial charge is 0.368 e. The molecule has 2 aromatic carbocycles. The number of amides is 1. The lowest BCUT2D eigenvalue weighted by atomic mass is 10.1. The van der Waals surface area contributed by atoms with E-state index < -0.39 is 0 Å². The Kier molecular flexibility index (Phi) is 4.20. The molecule has 2 unspecified atom stereocenters. The molecule has 4 rings (SSSR count). The van der Waals surface area contributed by atoms with E-state index >= 15 is 0 Å². The molecule has 0 spiro atoms. The van der Waals surface area contributed by atoms with E-state index in [2.05, 4.69) is 36.1 Å². The van der Waals surface area contributed by atoms with Gasteiger partial charge in [0.15, 0.2) is 0 Å². The first-order valence-electron chi connectivity index (χ1n) is 8.98. The van der Waals surface area contributed by atoms with Gasteiger partial charge in [-0.2, -0.15) is 0 Å². The van der Waals surface area contributed by atoms with Crippen molar-refractivity contribution in [3.8, 4) is 0 Å². The summed E-state index contributed by atoms with van der Waals surface area (Å²) in [6.45, 7) is 5.29. The van der Waals surface area contributed by atoms with Crippen molar-refractivity contribution in [1.29, 1.82) is 0 Å². The van der Waals surface area contributed by atoms with Crippen LogP contribution in [0.25, 0.3) is 0 Å². The Labute approximate surface area is 148 Å². The highest BCUT2D eigenvalue weighted by molar-refractivity contribution is 5.83. The molecule has 3 nitrogen and oxygen atoms in total. The average molecular weight is 338 g/mol. The molecule has 130 valence electrons. The molecule has 4 heteroatoms. The van der Waals surface area contributed by atoms with Gasteiger partial charge in [0.1, 0.15) is 5.82 Å². The maximum Gasteiger partial charge on any atom is 0.226 e. The third-order valence-electron chi connectivity index (χ3n) is 5.37. The smallest absolute Gasteiger partial charge is 0.226 e. The van der Waals surface area contributed by atoms with Crippen molar-refractivity contribution in [2.75, 3.05) is 31.1 Å². The zero-order valence-corrected chi connectivity index (χ0v) is 14.5. The Hall–Kier alpha value is -2.36. The van der Waals surface area contributed by atoms with Crippen LogP contribution in [0.1, 0.15) is 23.5 Å². The molecular formula is C21H23FN2O. The summed E-state index contributed by atoms with van der Waals surface area (Å²) in [4.78, 5) is 17.0. The van der Waals surface area contributed by atoms with E-state index in [-0.39, 0.29) is 23.6 Å². The van der Waals surface area contributed by atoms with E-state index in [1.165, 1.54) is 17.3 Å². The fourth-order valence-electron chi connectivity index (χ4n) is 3.83. The third kappa shape index (κ3) is 3.26. The highest BCUT2D eigenvalue weighted by atomic mass is 19.1. The Morgan fingerprint density at radius 3 is 2.52 bits per heavy atom. The minimum Gasteiger partial charge on any atom is -0.368 e. The zero-order chi connectivity index (χ0) is 17.4. The number of carbonyl (C=O) groups excluding carboxylic acids is 1. The number of halogens is 1. The molecule has 1 heterocycles. The summed E-state index contributed by atoms with van der Waals surface area (Å²) in [7, 11) is 0. The summed E-state index contributed by atoms with van der Waals surface area (Å²) in [6.07, 6.45) is 0.776. The average Bonchev–Trinajstić information content (AvgIpc) is 3.42. The maximum atomic E-state index is 13.9. The Balaban J connectivity index is 1.36. The van der Waals surface area contributed by atoms with E-state index in [1.807, 2.05) is 17.0 Å². The molecule has 1 amide bonds. The SMILES string of the molecule is Cc1cccc(N2CCN(C(=O)C3CC3c3ccccc3F)CC2)c1. The number of benzene rings is 2. The van der Waals surface area contributed by atoms with E-state index in [4.69, 9.17) is 0 Å². The predicted octanol–water partition coefficient (Wildman–Crippen LogP) is 3.59. The first-order valence-corrected chi connectivity index (χ1v) is 8.98. The zero-order valence-electron chi connectivity index (χ0n) is 14.5. The topological polar surface area (TPSA) is 23.6 Å². The van der Waals surface area contributed by atoms with E-state index in [0.717, 1.165) is 32.6 Å². The van der Waals surface area contributed by atoms with Crippen LogP contribution in [0.15, 0.2) is 48.5 Å². The van der Waals surface area contributed by atoms with Gasteiger partial charge in [0.25, 0.3) is 0 Å². The molecular weight excluding hydrogens is 315 g/mol. The van der Waals surface area contributed by atoms with Gasteiger partial charge in [-0.3, -0.25) is 4.79 Å². The fourth-order valence-corrected chi connectivity index (χ4v) is 3.83. The third-order valence-corrected chi connectivity index (χ3v) is 5.37. The number of carbonyl (C=O) groups is 1. The lowest BCUT2D eigenvalue weighted by Gasteiger charge is -2.36. The molecule has 1 aliphatic carbocycles. The van der Waals surface area contributed by atoms with Crippen molar-refractivity contribution in [3.05, 3.63) is 65.5 Å². The highest BCUT2D eigenvalue weighted by Crippen LogP contribution is 2.49. The van der Waals surface area contributed by atoms with Crippen molar-refractivity contribution in [1.82, 2.24) is 4.90 Å². The highest BCUT2D eigenvalue weighted by Gasteiger charge is 2.47. The molecule has 0 bridgehead atoms.